The lowest BCUT2D eigenvalue weighted by molar-refractivity contribution is -0.154. The molecule has 0 saturated heterocycles. The number of imidazole rings is 1. The molecule has 3 aromatic rings. The maximum atomic E-state index is 12.4. The highest BCUT2D eigenvalue weighted by Crippen LogP contribution is 2.40. The molecule has 2 atom stereocenters. The highest BCUT2D eigenvalue weighted by molar-refractivity contribution is 5.84. The first-order valence-electron chi connectivity index (χ1n) is 12.3. The molecular weight excluding hydrogens is 426 g/mol. The second-order valence-electron chi connectivity index (χ2n) is 9.99. The number of carbonyl (C=O) groups excluding carboxylic acids is 1. The summed E-state index contributed by atoms with van der Waals surface area (Å²) in [5.74, 6) is 0.635. The number of hydrogen-bond acceptors (Lipinski definition) is 5. The predicted molar refractivity (Wildman–Crippen MR) is 135 cm³/mol. The number of benzene rings is 2. The molecule has 0 bridgehead atoms. The van der Waals surface area contributed by atoms with Gasteiger partial charge in [0.1, 0.15) is 17.8 Å². The average molecular weight is 464 g/mol. The van der Waals surface area contributed by atoms with Crippen LogP contribution in [0, 0.1) is 5.41 Å². The third-order valence-corrected chi connectivity index (χ3v) is 7.63. The summed E-state index contributed by atoms with van der Waals surface area (Å²) in [4.78, 5) is 19.1. The topological polar surface area (TPSA) is 56.6 Å². The van der Waals surface area contributed by atoms with Crippen molar-refractivity contribution in [3.63, 3.8) is 0 Å². The Morgan fingerprint density at radius 3 is 2.47 bits per heavy atom. The minimum atomic E-state index is -0.510. The molecule has 1 aromatic heterocycles. The second kappa shape index (κ2) is 10.2. The van der Waals surface area contributed by atoms with Crippen molar-refractivity contribution in [1.29, 1.82) is 0 Å². The summed E-state index contributed by atoms with van der Waals surface area (Å²) < 4.78 is 13.4. The van der Waals surface area contributed by atoms with Crippen molar-refractivity contribution in [3.05, 3.63) is 60.7 Å². The fourth-order valence-electron chi connectivity index (χ4n) is 5.24. The summed E-state index contributed by atoms with van der Waals surface area (Å²) in [5, 5.41) is 2.28. The molecule has 34 heavy (non-hydrogen) atoms. The highest BCUT2D eigenvalue weighted by atomic mass is 16.5. The molecule has 1 saturated carbocycles. The molecule has 0 radical (unpaired) electrons. The second-order valence-corrected chi connectivity index (χ2v) is 9.99. The van der Waals surface area contributed by atoms with Crippen molar-refractivity contribution >= 4 is 16.7 Å². The Morgan fingerprint density at radius 2 is 1.82 bits per heavy atom. The molecule has 6 nitrogen and oxygen atoms in total. The number of rotatable bonds is 9. The first-order chi connectivity index (χ1) is 16.3. The smallest absolute Gasteiger partial charge is 0.315 e. The van der Waals surface area contributed by atoms with Crippen molar-refractivity contribution in [2.24, 2.45) is 5.41 Å². The summed E-state index contributed by atoms with van der Waals surface area (Å²) >= 11 is 0. The molecule has 2 aromatic carbocycles. The Kier molecular flexibility index (Phi) is 7.27. The zero-order valence-corrected chi connectivity index (χ0v) is 21.0. The van der Waals surface area contributed by atoms with Crippen LogP contribution in [0.1, 0.15) is 58.1 Å². The van der Waals surface area contributed by atoms with Crippen LogP contribution in [0.3, 0.4) is 0 Å². The summed E-state index contributed by atoms with van der Waals surface area (Å²) in [6.07, 6.45) is 9.52. The molecule has 182 valence electrons. The molecule has 0 N–H and O–H groups in total. The first-order valence-corrected chi connectivity index (χ1v) is 12.3. The van der Waals surface area contributed by atoms with Crippen molar-refractivity contribution in [3.8, 4) is 5.75 Å². The zero-order valence-electron chi connectivity index (χ0n) is 21.0. The van der Waals surface area contributed by atoms with E-state index in [1.54, 1.807) is 0 Å². The van der Waals surface area contributed by atoms with Crippen molar-refractivity contribution in [1.82, 2.24) is 14.5 Å². The third kappa shape index (κ3) is 4.83. The van der Waals surface area contributed by atoms with Gasteiger partial charge in [0.15, 0.2) is 0 Å². The van der Waals surface area contributed by atoms with E-state index in [-0.39, 0.29) is 18.1 Å². The van der Waals surface area contributed by atoms with Crippen LogP contribution in [0.5, 0.6) is 5.75 Å². The largest absolute Gasteiger partial charge is 0.492 e. The molecule has 1 aliphatic rings. The standard InChI is InChI=1S/C28H37N3O3/c1-20(2)30(4)21(3)26(31-15-14-29-19-31)24-9-8-23-17-25(11-10-22(23)16-24)34-18-28(27(32)33-5)12-6-7-13-28/h8-11,14-17,19-21,26H,6-7,12-13,18H2,1-5H3. The summed E-state index contributed by atoms with van der Waals surface area (Å²) in [7, 11) is 3.64. The van der Waals surface area contributed by atoms with Crippen LogP contribution in [-0.4, -0.2) is 53.3 Å². The van der Waals surface area contributed by atoms with Gasteiger partial charge < -0.3 is 14.0 Å². The predicted octanol–water partition coefficient (Wildman–Crippen LogP) is 5.47. The fraction of sp³-hybridized carbons (Fsp3) is 0.500. The lowest BCUT2D eigenvalue weighted by Gasteiger charge is -2.35. The third-order valence-electron chi connectivity index (χ3n) is 7.63. The minimum Gasteiger partial charge on any atom is -0.492 e. The lowest BCUT2D eigenvalue weighted by atomic mass is 9.87. The van der Waals surface area contributed by atoms with Gasteiger partial charge in [0.25, 0.3) is 0 Å². The van der Waals surface area contributed by atoms with E-state index < -0.39 is 5.41 Å². The van der Waals surface area contributed by atoms with Crippen LogP contribution in [0.25, 0.3) is 10.8 Å². The quantitative estimate of drug-likeness (QED) is 0.394. The molecule has 2 unspecified atom stereocenters. The monoisotopic (exact) mass is 463 g/mol. The summed E-state index contributed by atoms with van der Waals surface area (Å²) in [6.45, 7) is 7.08. The van der Waals surface area contributed by atoms with Gasteiger partial charge in [-0.1, -0.05) is 31.0 Å². The molecule has 6 heteroatoms. The van der Waals surface area contributed by atoms with E-state index in [2.05, 4.69) is 72.6 Å². The van der Waals surface area contributed by atoms with Crippen LogP contribution in [0.15, 0.2) is 55.1 Å². The average Bonchev–Trinajstić information content (AvgIpc) is 3.55. The SMILES string of the molecule is COC(=O)C1(COc2ccc3cc(C(C(C)N(C)C(C)C)n4ccnc4)ccc3c2)CCCC1. The van der Waals surface area contributed by atoms with E-state index in [0.29, 0.717) is 12.6 Å². The normalized spacial score (nSPS) is 17.3. The lowest BCUT2D eigenvalue weighted by Crippen LogP contribution is -2.41. The summed E-state index contributed by atoms with van der Waals surface area (Å²) in [6, 6.07) is 13.7. The number of fused-ring (bicyclic) bond motifs is 1. The number of hydrogen-bond donors (Lipinski definition) is 0. The number of carbonyl (C=O) groups is 1. The highest BCUT2D eigenvalue weighted by Gasteiger charge is 2.43. The number of methoxy groups -OCH3 is 1. The molecule has 1 aliphatic carbocycles. The van der Waals surface area contributed by atoms with Gasteiger partial charge in [0.2, 0.25) is 0 Å². The molecule has 1 fully saturated rings. The van der Waals surface area contributed by atoms with Gasteiger partial charge in [-0.25, -0.2) is 4.98 Å². The van der Waals surface area contributed by atoms with Crippen molar-refractivity contribution in [2.45, 2.75) is 64.6 Å². The maximum Gasteiger partial charge on any atom is 0.315 e. The Labute approximate surface area is 202 Å². The van der Waals surface area contributed by atoms with Crippen LogP contribution < -0.4 is 4.74 Å². The van der Waals surface area contributed by atoms with E-state index in [4.69, 9.17) is 9.47 Å². The van der Waals surface area contributed by atoms with E-state index in [1.165, 1.54) is 12.7 Å². The van der Waals surface area contributed by atoms with Crippen LogP contribution in [0.2, 0.25) is 0 Å². The number of aromatic nitrogens is 2. The van der Waals surface area contributed by atoms with Crippen LogP contribution in [0.4, 0.5) is 0 Å². The van der Waals surface area contributed by atoms with Gasteiger partial charge >= 0.3 is 5.97 Å². The van der Waals surface area contributed by atoms with Crippen LogP contribution in [-0.2, 0) is 9.53 Å². The maximum absolute atomic E-state index is 12.4. The molecule has 0 amide bonds. The van der Waals surface area contributed by atoms with E-state index in [1.807, 2.05) is 24.8 Å². The Balaban J connectivity index is 1.58. The van der Waals surface area contributed by atoms with E-state index >= 15 is 0 Å². The Hall–Kier alpha value is -2.86. The fourth-order valence-corrected chi connectivity index (χ4v) is 5.24. The van der Waals surface area contributed by atoms with Crippen molar-refractivity contribution < 1.29 is 14.3 Å². The Morgan fingerprint density at radius 1 is 1.12 bits per heavy atom. The molecule has 0 spiro atoms. The van der Waals surface area contributed by atoms with Gasteiger partial charge in [-0.15, -0.1) is 0 Å². The number of ether oxygens (including phenoxy) is 2. The van der Waals surface area contributed by atoms with E-state index in [9.17, 15) is 4.79 Å². The number of esters is 1. The van der Waals surface area contributed by atoms with Gasteiger partial charge in [-0.2, -0.15) is 0 Å². The van der Waals surface area contributed by atoms with Crippen LogP contribution >= 0.6 is 0 Å². The molecular formula is C28H37N3O3. The number of nitrogens with zero attached hydrogens (tertiary/aromatic N) is 3. The van der Waals surface area contributed by atoms with Crippen molar-refractivity contribution in [2.75, 3.05) is 20.8 Å². The molecule has 1 heterocycles. The van der Waals surface area contributed by atoms with E-state index in [0.717, 1.165) is 42.2 Å². The van der Waals surface area contributed by atoms with Gasteiger partial charge in [-0.05, 0) is 75.2 Å². The van der Waals surface area contributed by atoms with Gasteiger partial charge in [0.05, 0.1) is 19.5 Å². The molecule has 0 aliphatic heterocycles. The zero-order chi connectivity index (χ0) is 24.3. The minimum absolute atomic E-state index is 0.150. The number of likely N-dealkylation sites (N-methyl/N-ethyl adjacent to an activating group) is 1. The first kappa shape index (κ1) is 24.3. The van der Waals surface area contributed by atoms with Gasteiger partial charge in [-0.3, -0.25) is 9.69 Å². The molecule has 4 rings (SSSR count). The van der Waals surface area contributed by atoms with Gasteiger partial charge in [0, 0.05) is 24.5 Å². The summed E-state index contributed by atoms with van der Waals surface area (Å²) in [5.41, 5.74) is 0.735. The Bertz CT molecular complexity index is 1100.